The highest BCUT2D eigenvalue weighted by Gasteiger charge is 2.15. The van der Waals surface area contributed by atoms with Gasteiger partial charge in [0, 0.05) is 17.1 Å². The average molecular weight is 452 g/mol. The van der Waals surface area contributed by atoms with E-state index in [2.05, 4.69) is 16.0 Å². The number of rotatable bonds is 5. The van der Waals surface area contributed by atoms with Crippen LogP contribution in [-0.2, 0) is 0 Å². The van der Waals surface area contributed by atoms with Crippen LogP contribution >= 0.6 is 23.6 Å². The first kappa shape index (κ1) is 20.6. The molecule has 2 aromatic carbocycles. The molecule has 4 rings (SSSR count). The van der Waals surface area contributed by atoms with Crippen LogP contribution in [0.4, 0.5) is 11.4 Å². The third-order valence-corrected chi connectivity index (χ3v) is 5.40. The van der Waals surface area contributed by atoms with Crippen molar-refractivity contribution in [1.82, 2.24) is 5.32 Å². The van der Waals surface area contributed by atoms with Gasteiger partial charge in [-0.15, -0.1) is 11.3 Å². The number of carbonyl (C=O) groups excluding carboxylic acids is 2. The Hall–Kier alpha value is -3.69. The predicted octanol–water partition coefficient (Wildman–Crippen LogP) is 4.88. The summed E-state index contributed by atoms with van der Waals surface area (Å²) in [6.07, 6.45) is 0. The SMILES string of the molecule is COc1cc(NC(=S)NC(=O)c2cccs2)ccc1NC(=O)c1cc2ccccc2o1. The number of fused-ring (bicyclic) bond motifs is 1. The molecule has 2 aromatic heterocycles. The highest BCUT2D eigenvalue weighted by atomic mass is 32.1. The Labute approximate surface area is 187 Å². The van der Waals surface area contributed by atoms with Crippen LogP contribution in [0.2, 0.25) is 0 Å². The van der Waals surface area contributed by atoms with E-state index >= 15 is 0 Å². The largest absolute Gasteiger partial charge is 0.494 e. The van der Waals surface area contributed by atoms with E-state index < -0.39 is 5.91 Å². The summed E-state index contributed by atoms with van der Waals surface area (Å²) in [5.74, 6) is -0.0621. The van der Waals surface area contributed by atoms with Gasteiger partial charge < -0.3 is 19.8 Å². The van der Waals surface area contributed by atoms with E-state index in [0.29, 0.717) is 27.6 Å². The highest BCUT2D eigenvalue weighted by molar-refractivity contribution is 7.80. The molecule has 0 bridgehead atoms. The molecule has 9 heteroatoms. The topological polar surface area (TPSA) is 92.6 Å². The zero-order chi connectivity index (χ0) is 21.8. The number of hydrogen-bond donors (Lipinski definition) is 3. The summed E-state index contributed by atoms with van der Waals surface area (Å²) in [6, 6.07) is 17.6. The van der Waals surface area contributed by atoms with Crippen LogP contribution in [0.5, 0.6) is 5.75 Å². The molecule has 0 aliphatic rings. The Balaban J connectivity index is 1.44. The maximum Gasteiger partial charge on any atom is 0.291 e. The molecule has 7 nitrogen and oxygen atoms in total. The quantitative estimate of drug-likeness (QED) is 0.375. The number of nitrogens with one attached hydrogen (secondary N) is 3. The normalized spacial score (nSPS) is 10.5. The van der Waals surface area contributed by atoms with Crippen molar-refractivity contribution in [2.24, 2.45) is 0 Å². The van der Waals surface area contributed by atoms with E-state index in [9.17, 15) is 9.59 Å². The van der Waals surface area contributed by atoms with Gasteiger partial charge in [-0.1, -0.05) is 24.3 Å². The van der Waals surface area contributed by atoms with Crippen molar-refractivity contribution < 1.29 is 18.7 Å². The number of hydrogen-bond acceptors (Lipinski definition) is 6. The minimum atomic E-state index is -0.394. The molecule has 2 amide bonds. The molecule has 4 aromatic rings. The first-order valence-corrected chi connectivity index (χ1v) is 10.5. The maximum atomic E-state index is 12.6. The van der Waals surface area contributed by atoms with Gasteiger partial charge in [0.25, 0.3) is 11.8 Å². The summed E-state index contributed by atoms with van der Waals surface area (Å²) in [5, 5.41) is 11.1. The lowest BCUT2D eigenvalue weighted by atomic mass is 10.2. The molecule has 0 saturated carbocycles. The van der Waals surface area contributed by atoms with Crippen molar-refractivity contribution in [3.63, 3.8) is 0 Å². The lowest BCUT2D eigenvalue weighted by Crippen LogP contribution is -2.33. The number of benzene rings is 2. The van der Waals surface area contributed by atoms with Crippen LogP contribution < -0.4 is 20.7 Å². The molecule has 0 radical (unpaired) electrons. The van der Waals surface area contributed by atoms with Crippen LogP contribution in [0.25, 0.3) is 11.0 Å². The van der Waals surface area contributed by atoms with Crippen molar-refractivity contribution in [3.8, 4) is 5.75 Å². The van der Waals surface area contributed by atoms with Crippen molar-refractivity contribution in [2.75, 3.05) is 17.7 Å². The number of anilines is 2. The van der Waals surface area contributed by atoms with Crippen molar-refractivity contribution >= 4 is 62.8 Å². The van der Waals surface area contributed by atoms with Gasteiger partial charge in [0.1, 0.15) is 11.3 Å². The van der Waals surface area contributed by atoms with Gasteiger partial charge in [-0.2, -0.15) is 0 Å². The van der Waals surface area contributed by atoms with Gasteiger partial charge in [0.15, 0.2) is 10.9 Å². The number of carbonyl (C=O) groups is 2. The van der Waals surface area contributed by atoms with Gasteiger partial charge >= 0.3 is 0 Å². The molecule has 0 spiro atoms. The van der Waals surface area contributed by atoms with Gasteiger partial charge in [-0.3, -0.25) is 14.9 Å². The molecule has 31 heavy (non-hydrogen) atoms. The van der Waals surface area contributed by atoms with Crippen LogP contribution in [0.15, 0.2) is 70.5 Å². The second-order valence-corrected chi connectivity index (χ2v) is 7.76. The molecular formula is C22H17N3O4S2. The molecule has 0 atom stereocenters. The van der Waals surface area contributed by atoms with Crippen LogP contribution in [0.1, 0.15) is 20.2 Å². The smallest absolute Gasteiger partial charge is 0.291 e. The van der Waals surface area contributed by atoms with Crippen molar-refractivity contribution in [1.29, 1.82) is 0 Å². The van der Waals surface area contributed by atoms with Gasteiger partial charge in [0.2, 0.25) is 0 Å². The van der Waals surface area contributed by atoms with E-state index in [1.165, 1.54) is 18.4 Å². The van der Waals surface area contributed by atoms with Crippen molar-refractivity contribution in [3.05, 3.63) is 76.7 Å². The standard InChI is InChI=1S/C22H17N3O4S2/c1-28-17-12-14(23-22(30)25-21(27)19-7-4-10-31-19)8-9-15(17)24-20(26)18-11-13-5-2-3-6-16(13)29-18/h2-12H,1H3,(H,24,26)(H2,23,25,27,30). The number of methoxy groups -OCH3 is 1. The lowest BCUT2D eigenvalue weighted by molar-refractivity contribution is 0.0978. The van der Waals surface area contributed by atoms with Crippen molar-refractivity contribution in [2.45, 2.75) is 0 Å². The number of thiocarbonyl (C=S) groups is 1. The monoisotopic (exact) mass is 451 g/mol. The molecule has 0 aliphatic carbocycles. The Kier molecular flexibility index (Phi) is 5.96. The van der Waals surface area contributed by atoms with Gasteiger partial charge in [-0.05, 0) is 47.9 Å². The summed E-state index contributed by atoms with van der Waals surface area (Å²) >= 11 is 6.53. The minimum absolute atomic E-state index is 0.152. The van der Waals surface area contributed by atoms with E-state index in [1.807, 2.05) is 23.6 Å². The van der Waals surface area contributed by atoms with E-state index in [1.54, 1.807) is 42.5 Å². The zero-order valence-corrected chi connectivity index (χ0v) is 17.9. The second-order valence-electron chi connectivity index (χ2n) is 6.40. The lowest BCUT2D eigenvalue weighted by Gasteiger charge is -2.13. The molecule has 0 aliphatic heterocycles. The molecule has 0 saturated heterocycles. The Bertz CT molecular complexity index is 1230. The Morgan fingerprint density at radius 1 is 1.00 bits per heavy atom. The summed E-state index contributed by atoms with van der Waals surface area (Å²) in [7, 11) is 1.49. The number of thiophene rings is 1. The first-order valence-electron chi connectivity index (χ1n) is 9.17. The van der Waals surface area contributed by atoms with E-state index in [4.69, 9.17) is 21.4 Å². The van der Waals surface area contributed by atoms with Gasteiger partial charge in [-0.25, -0.2) is 0 Å². The predicted molar refractivity (Wildman–Crippen MR) is 125 cm³/mol. The van der Waals surface area contributed by atoms with Crippen LogP contribution in [0, 0.1) is 0 Å². The fourth-order valence-electron chi connectivity index (χ4n) is 2.88. The molecule has 0 fully saturated rings. The third kappa shape index (κ3) is 4.73. The Morgan fingerprint density at radius 2 is 1.84 bits per heavy atom. The molecule has 156 valence electrons. The summed E-state index contributed by atoms with van der Waals surface area (Å²) in [6.45, 7) is 0. The number of ether oxygens (including phenoxy) is 1. The summed E-state index contributed by atoms with van der Waals surface area (Å²) < 4.78 is 11.0. The maximum absolute atomic E-state index is 12.6. The fourth-order valence-corrected chi connectivity index (χ4v) is 3.71. The van der Waals surface area contributed by atoms with Gasteiger partial charge in [0.05, 0.1) is 17.7 Å². The minimum Gasteiger partial charge on any atom is -0.494 e. The molecule has 0 unspecified atom stereocenters. The Morgan fingerprint density at radius 3 is 2.58 bits per heavy atom. The number of amides is 2. The molecular weight excluding hydrogens is 434 g/mol. The summed E-state index contributed by atoms with van der Waals surface area (Å²) in [5.41, 5.74) is 1.69. The zero-order valence-electron chi connectivity index (χ0n) is 16.3. The first-order chi connectivity index (χ1) is 15.0. The molecule has 3 N–H and O–H groups in total. The third-order valence-electron chi connectivity index (χ3n) is 4.33. The molecule has 2 heterocycles. The highest BCUT2D eigenvalue weighted by Crippen LogP contribution is 2.29. The van der Waals surface area contributed by atoms with E-state index in [-0.39, 0.29) is 16.8 Å². The average Bonchev–Trinajstić information content (AvgIpc) is 3.44. The van der Waals surface area contributed by atoms with E-state index in [0.717, 1.165) is 5.39 Å². The number of para-hydroxylation sites is 1. The van der Waals surface area contributed by atoms with Crippen LogP contribution in [-0.4, -0.2) is 24.0 Å². The fraction of sp³-hybridized carbons (Fsp3) is 0.0455. The number of furan rings is 1. The van der Waals surface area contributed by atoms with Crippen LogP contribution in [0.3, 0.4) is 0 Å². The second kappa shape index (κ2) is 8.99. The summed E-state index contributed by atoms with van der Waals surface area (Å²) in [4.78, 5) is 25.3.